The quantitative estimate of drug-likeness (QED) is 0.532. The number of nitrogens with two attached hydrogens (primary N) is 1. The number of rotatable bonds is 8. The minimum atomic E-state index is -0.405. The first-order valence-electron chi connectivity index (χ1n) is 9.11. The molecule has 0 aromatic heterocycles. The van der Waals surface area contributed by atoms with E-state index in [0.29, 0.717) is 13.1 Å². The summed E-state index contributed by atoms with van der Waals surface area (Å²) >= 11 is 5.38. The summed E-state index contributed by atoms with van der Waals surface area (Å²) in [6, 6.07) is 17.8. The summed E-state index contributed by atoms with van der Waals surface area (Å²) in [5.41, 5.74) is 8.51. The van der Waals surface area contributed by atoms with Gasteiger partial charge in [-0.15, -0.1) is 0 Å². The fraction of sp³-hybridized carbons (Fsp3) is 0.227. The van der Waals surface area contributed by atoms with Crippen molar-refractivity contribution in [3.05, 3.63) is 77.4 Å². The fourth-order valence-corrected chi connectivity index (χ4v) is 2.83. The molecule has 0 fully saturated rings. The predicted molar refractivity (Wildman–Crippen MR) is 116 cm³/mol. The fourth-order valence-electron chi connectivity index (χ4n) is 2.54. The van der Waals surface area contributed by atoms with E-state index in [4.69, 9.17) is 18.0 Å². The Bertz CT molecular complexity index is 833. The van der Waals surface area contributed by atoms with Crippen LogP contribution in [0.4, 0.5) is 0 Å². The molecule has 2 aromatic rings. The number of hydrogen-bond acceptors (Lipinski definition) is 3. The van der Waals surface area contributed by atoms with E-state index in [2.05, 4.69) is 5.32 Å². The second kappa shape index (κ2) is 11.0. The summed E-state index contributed by atoms with van der Waals surface area (Å²) in [7, 11) is 0. The molecule has 0 aliphatic carbocycles. The molecular formula is C22H25N3O2S. The van der Waals surface area contributed by atoms with Crippen LogP contribution in [0.3, 0.4) is 0 Å². The van der Waals surface area contributed by atoms with Crippen LogP contribution in [0.15, 0.2) is 60.7 Å². The Hall–Kier alpha value is -2.99. The Morgan fingerprint density at radius 1 is 1.07 bits per heavy atom. The van der Waals surface area contributed by atoms with Crippen LogP contribution in [0.25, 0.3) is 6.08 Å². The van der Waals surface area contributed by atoms with Crippen molar-refractivity contribution in [2.75, 3.05) is 13.1 Å². The number of carbonyl (C=O) groups excluding carboxylic acids is 2. The molecule has 0 aliphatic rings. The third-order valence-corrected chi connectivity index (χ3v) is 4.52. The van der Waals surface area contributed by atoms with Gasteiger partial charge in [0.2, 0.25) is 11.8 Å². The van der Waals surface area contributed by atoms with Crippen LogP contribution in [0.2, 0.25) is 0 Å². The Morgan fingerprint density at radius 2 is 1.75 bits per heavy atom. The number of hydrogen-bond donors (Lipinski definition) is 2. The minimum absolute atomic E-state index is 0.171. The van der Waals surface area contributed by atoms with Crippen LogP contribution in [-0.2, 0) is 16.0 Å². The standard InChI is InChI=1S/C22H25N3O2S/c1-17-7-9-19(10-8-17)11-12-21(27)24-22(28)25(16-14-20(23)26)15-13-18-5-3-2-4-6-18/h2-12H,13-16H2,1H3,(H2,23,26)(H,24,27,28)/b12-11+. The summed E-state index contributed by atoms with van der Waals surface area (Å²) in [5.74, 6) is -0.715. The van der Waals surface area contributed by atoms with E-state index in [1.165, 1.54) is 6.08 Å². The van der Waals surface area contributed by atoms with Gasteiger partial charge in [-0.25, -0.2) is 0 Å². The summed E-state index contributed by atoms with van der Waals surface area (Å²) < 4.78 is 0. The number of aryl methyl sites for hydroxylation is 1. The number of amides is 2. The van der Waals surface area contributed by atoms with Crippen LogP contribution in [0.1, 0.15) is 23.1 Å². The van der Waals surface area contributed by atoms with Crippen molar-refractivity contribution >= 4 is 35.2 Å². The molecule has 2 rings (SSSR count). The zero-order valence-corrected chi connectivity index (χ0v) is 16.7. The SMILES string of the molecule is Cc1ccc(/C=C/C(=O)NC(=S)N(CCC(N)=O)CCc2ccccc2)cc1. The number of thiocarbonyl (C=S) groups is 1. The molecule has 146 valence electrons. The summed E-state index contributed by atoms with van der Waals surface area (Å²) in [4.78, 5) is 25.2. The second-order valence-corrected chi connectivity index (χ2v) is 6.86. The van der Waals surface area contributed by atoms with E-state index < -0.39 is 5.91 Å². The topological polar surface area (TPSA) is 75.4 Å². The minimum Gasteiger partial charge on any atom is -0.370 e. The Balaban J connectivity index is 1.94. The number of carbonyl (C=O) groups is 2. The lowest BCUT2D eigenvalue weighted by Crippen LogP contribution is -2.44. The first-order valence-corrected chi connectivity index (χ1v) is 9.52. The van der Waals surface area contributed by atoms with Crippen molar-refractivity contribution in [2.45, 2.75) is 19.8 Å². The molecule has 2 aromatic carbocycles. The largest absolute Gasteiger partial charge is 0.370 e. The molecule has 2 amide bonds. The Morgan fingerprint density at radius 3 is 2.39 bits per heavy atom. The molecule has 0 bridgehead atoms. The van der Waals surface area contributed by atoms with E-state index in [9.17, 15) is 9.59 Å². The van der Waals surface area contributed by atoms with E-state index >= 15 is 0 Å². The van der Waals surface area contributed by atoms with Crippen molar-refractivity contribution in [3.63, 3.8) is 0 Å². The molecule has 0 aliphatic heterocycles. The summed E-state index contributed by atoms with van der Waals surface area (Å²) in [6.07, 6.45) is 4.09. The van der Waals surface area contributed by atoms with Crippen molar-refractivity contribution in [1.29, 1.82) is 0 Å². The number of benzene rings is 2. The van der Waals surface area contributed by atoms with Gasteiger partial charge in [-0.2, -0.15) is 0 Å². The van der Waals surface area contributed by atoms with Crippen LogP contribution < -0.4 is 11.1 Å². The Kier molecular flexibility index (Phi) is 8.37. The van der Waals surface area contributed by atoms with Crippen molar-refractivity contribution in [1.82, 2.24) is 10.2 Å². The van der Waals surface area contributed by atoms with Crippen LogP contribution in [-0.4, -0.2) is 34.9 Å². The van der Waals surface area contributed by atoms with Crippen molar-refractivity contribution < 1.29 is 9.59 Å². The highest BCUT2D eigenvalue weighted by molar-refractivity contribution is 7.80. The molecule has 0 saturated heterocycles. The van der Waals surface area contributed by atoms with Crippen molar-refractivity contribution in [3.8, 4) is 0 Å². The van der Waals surface area contributed by atoms with Gasteiger partial charge in [0.1, 0.15) is 0 Å². The van der Waals surface area contributed by atoms with E-state index in [0.717, 1.165) is 23.1 Å². The van der Waals surface area contributed by atoms with Crippen LogP contribution >= 0.6 is 12.2 Å². The molecule has 28 heavy (non-hydrogen) atoms. The zero-order chi connectivity index (χ0) is 20.4. The van der Waals surface area contributed by atoms with E-state index in [-0.39, 0.29) is 17.4 Å². The predicted octanol–water partition coefficient (Wildman–Crippen LogP) is 2.83. The monoisotopic (exact) mass is 395 g/mol. The highest BCUT2D eigenvalue weighted by Gasteiger charge is 2.12. The van der Waals surface area contributed by atoms with Gasteiger partial charge in [-0.1, -0.05) is 60.2 Å². The zero-order valence-electron chi connectivity index (χ0n) is 15.9. The third kappa shape index (κ3) is 7.72. The van der Waals surface area contributed by atoms with Gasteiger partial charge < -0.3 is 10.6 Å². The molecule has 3 N–H and O–H groups in total. The molecule has 0 unspecified atom stereocenters. The first-order chi connectivity index (χ1) is 13.4. The number of nitrogens with zero attached hydrogens (tertiary/aromatic N) is 1. The first kappa shape index (κ1) is 21.3. The molecule has 6 heteroatoms. The lowest BCUT2D eigenvalue weighted by atomic mass is 10.1. The number of primary amides is 1. The highest BCUT2D eigenvalue weighted by atomic mass is 32.1. The van der Waals surface area contributed by atoms with E-state index in [1.807, 2.05) is 61.5 Å². The summed E-state index contributed by atoms with van der Waals surface area (Å²) in [6.45, 7) is 2.95. The van der Waals surface area contributed by atoms with E-state index in [1.54, 1.807) is 11.0 Å². The maximum Gasteiger partial charge on any atom is 0.250 e. The van der Waals surface area contributed by atoms with Gasteiger partial charge >= 0.3 is 0 Å². The lowest BCUT2D eigenvalue weighted by molar-refractivity contribution is -0.118. The molecular weight excluding hydrogens is 370 g/mol. The molecule has 0 heterocycles. The third-order valence-electron chi connectivity index (χ3n) is 4.16. The molecule has 0 atom stereocenters. The smallest absolute Gasteiger partial charge is 0.250 e. The highest BCUT2D eigenvalue weighted by Crippen LogP contribution is 2.05. The van der Waals surface area contributed by atoms with Crippen molar-refractivity contribution in [2.24, 2.45) is 5.73 Å². The van der Waals surface area contributed by atoms with Gasteiger partial charge in [0.05, 0.1) is 0 Å². The molecule has 0 spiro atoms. The van der Waals surface area contributed by atoms with Gasteiger partial charge in [-0.05, 0) is 42.8 Å². The van der Waals surface area contributed by atoms with Gasteiger partial charge in [0.25, 0.3) is 0 Å². The average molecular weight is 396 g/mol. The van der Waals surface area contributed by atoms with Crippen LogP contribution in [0.5, 0.6) is 0 Å². The van der Waals surface area contributed by atoms with Gasteiger partial charge in [0, 0.05) is 25.6 Å². The van der Waals surface area contributed by atoms with Crippen LogP contribution in [0, 0.1) is 6.92 Å². The maximum atomic E-state index is 12.2. The normalized spacial score (nSPS) is 10.6. The lowest BCUT2D eigenvalue weighted by Gasteiger charge is -2.24. The van der Waals surface area contributed by atoms with Gasteiger partial charge in [-0.3, -0.25) is 14.9 Å². The van der Waals surface area contributed by atoms with Gasteiger partial charge in [0.15, 0.2) is 5.11 Å². The molecule has 0 saturated carbocycles. The molecule has 0 radical (unpaired) electrons. The average Bonchev–Trinajstić information content (AvgIpc) is 2.68. The maximum absolute atomic E-state index is 12.2. The molecule has 5 nitrogen and oxygen atoms in total. The second-order valence-electron chi connectivity index (χ2n) is 6.48. The number of nitrogens with one attached hydrogen (secondary N) is 1. The Labute approximate surface area is 171 Å². The summed E-state index contributed by atoms with van der Waals surface area (Å²) in [5, 5.41) is 2.99.